The quantitative estimate of drug-likeness (QED) is 0.217. The average Bonchev–Trinajstić information content (AvgIpc) is 3.25. The van der Waals surface area contributed by atoms with Crippen molar-refractivity contribution in [3.63, 3.8) is 0 Å². The molecule has 6 nitrogen and oxygen atoms in total. The number of likely N-dealkylation sites (tertiary alicyclic amines) is 1. The Kier molecular flexibility index (Phi) is 12.8. The summed E-state index contributed by atoms with van der Waals surface area (Å²) in [7, 11) is 1.84. The van der Waals surface area contributed by atoms with Crippen LogP contribution in [0.1, 0.15) is 46.0 Å². The fourth-order valence-electron chi connectivity index (χ4n) is 3.64. The van der Waals surface area contributed by atoms with Gasteiger partial charge in [0, 0.05) is 45.9 Å². The molecule has 0 aromatic heterocycles. The Hall–Kier alpha value is -0.120. The zero-order chi connectivity index (χ0) is 17.9. The molecule has 2 saturated heterocycles. The molecule has 0 bridgehead atoms. The van der Waals surface area contributed by atoms with Gasteiger partial charge in [0.1, 0.15) is 0 Å². The van der Waals surface area contributed by atoms with Crippen LogP contribution in [0, 0.1) is 5.92 Å². The minimum atomic E-state index is 0. The zero-order valence-electron chi connectivity index (χ0n) is 16.8. The lowest BCUT2D eigenvalue weighted by Gasteiger charge is -2.27. The van der Waals surface area contributed by atoms with Crippen molar-refractivity contribution in [3.05, 3.63) is 0 Å². The van der Waals surface area contributed by atoms with Gasteiger partial charge in [-0.25, -0.2) is 0 Å². The maximum absolute atomic E-state index is 5.69. The van der Waals surface area contributed by atoms with Gasteiger partial charge < -0.3 is 20.1 Å². The van der Waals surface area contributed by atoms with Crippen molar-refractivity contribution in [3.8, 4) is 0 Å². The van der Waals surface area contributed by atoms with Gasteiger partial charge in [0.2, 0.25) is 0 Å². The Morgan fingerprint density at radius 3 is 2.81 bits per heavy atom. The monoisotopic (exact) mass is 482 g/mol. The first-order valence-electron chi connectivity index (χ1n) is 10.1. The SMILES string of the molecule is CN=C(NCCCOCC1CCCO1)NC[C@H]1CCCN1CC(C)C.I. The number of rotatable bonds is 10. The molecule has 7 heteroatoms. The average molecular weight is 482 g/mol. The number of hydrogen-bond donors (Lipinski definition) is 2. The first-order valence-corrected chi connectivity index (χ1v) is 10.1. The molecular formula is C19H39IN4O2. The van der Waals surface area contributed by atoms with E-state index in [0.717, 1.165) is 57.6 Å². The number of hydrogen-bond acceptors (Lipinski definition) is 4. The van der Waals surface area contributed by atoms with E-state index in [0.29, 0.717) is 12.1 Å². The van der Waals surface area contributed by atoms with E-state index in [1.165, 1.54) is 32.4 Å². The standard InChI is InChI=1S/C19H38N4O2.HI/c1-16(2)14-23-10-4-7-17(23)13-22-19(20-3)21-9-6-11-24-15-18-8-5-12-25-18;/h16-18H,4-15H2,1-3H3,(H2,20,21,22);1H/t17-,18?;/m1./s1. The van der Waals surface area contributed by atoms with Crippen molar-refractivity contribution in [1.29, 1.82) is 0 Å². The molecule has 154 valence electrons. The molecule has 0 amide bonds. The molecule has 0 spiro atoms. The van der Waals surface area contributed by atoms with Crippen LogP contribution in [-0.2, 0) is 9.47 Å². The van der Waals surface area contributed by atoms with Crippen LogP contribution in [0.3, 0.4) is 0 Å². The normalized spacial score (nSPS) is 24.1. The highest BCUT2D eigenvalue weighted by molar-refractivity contribution is 14.0. The van der Waals surface area contributed by atoms with Gasteiger partial charge in [-0.3, -0.25) is 9.89 Å². The minimum absolute atomic E-state index is 0. The third kappa shape index (κ3) is 9.19. The lowest BCUT2D eigenvalue weighted by molar-refractivity contribution is 0.0168. The summed E-state index contributed by atoms with van der Waals surface area (Å²) >= 11 is 0. The largest absolute Gasteiger partial charge is 0.379 e. The van der Waals surface area contributed by atoms with E-state index in [4.69, 9.17) is 9.47 Å². The Morgan fingerprint density at radius 1 is 1.27 bits per heavy atom. The van der Waals surface area contributed by atoms with Crippen LogP contribution in [0.4, 0.5) is 0 Å². The molecule has 0 aromatic carbocycles. The van der Waals surface area contributed by atoms with E-state index >= 15 is 0 Å². The van der Waals surface area contributed by atoms with Gasteiger partial charge in [-0.05, 0) is 44.6 Å². The Morgan fingerprint density at radius 2 is 2.12 bits per heavy atom. The van der Waals surface area contributed by atoms with Crippen molar-refractivity contribution >= 4 is 29.9 Å². The molecule has 0 saturated carbocycles. The van der Waals surface area contributed by atoms with Gasteiger partial charge in [0.15, 0.2) is 5.96 Å². The van der Waals surface area contributed by atoms with Gasteiger partial charge in [0.25, 0.3) is 0 Å². The summed E-state index contributed by atoms with van der Waals surface area (Å²) in [6, 6.07) is 0.635. The second-order valence-electron chi connectivity index (χ2n) is 7.63. The van der Waals surface area contributed by atoms with Crippen LogP contribution >= 0.6 is 24.0 Å². The van der Waals surface area contributed by atoms with E-state index in [1.807, 2.05) is 7.05 Å². The number of nitrogens with one attached hydrogen (secondary N) is 2. The summed E-state index contributed by atoms with van der Waals surface area (Å²) in [6.45, 7) is 11.3. The molecule has 2 aliphatic heterocycles. The van der Waals surface area contributed by atoms with E-state index in [1.54, 1.807) is 0 Å². The summed E-state index contributed by atoms with van der Waals surface area (Å²) in [5.41, 5.74) is 0. The summed E-state index contributed by atoms with van der Waals surface area (Å²) in [6.07, 6.45) is 6.22. The third-order valence-corrected chi connectivity index (χ3v) is 4.91. The highest BCUT2D eigenvalue weighted by atomic mass is 127. The second-order valence-corrected chi connectivity index (χ2v) is 7.63. The summed E-state index contributed by atoms with van der Waals surface area (Å²) in [5, 5.41) is 6.87. The zero-order valence-corrected chi connectivity index (χ0v) is 19.2. The lowest BCUT2D eigenvalue weighted by Crippen LogP contribution is -2.45. The number of guanidine groups is 1. The Balaban J connectivity index is 0.00000338. The molecule has 2 N–H and O–H groups in total. The highest BCUT2D eigenvalue weighted by Gasteiger charge is 2.24. The van der Waals surface area contributed by atoms with Crippen LogP contribution in [0.5, 0.6) is 0 Å². The highest BCUT2D eigenvalue weighted by Crippen LogP contribution is 2.17. The molecule has 2 fully saturated rings. The molecular weight excluding hydrogens is 443 g/mol. The molecule has 2 atom stereocenters. The summed E-state index contributed by atoms with van der Waals surface area (Å²) in [4.78, 5) is 6.95. The third-order valence-electron chi connectivity index (χ3n) is 4.91. The van der Waals surface area contributed by atoms with E-state index in [9.17, 15) is 0 Å². The molecule has 2 aliphatic rings. The van der Waals surface area contributed by atoms with Gasteiger partial charge in [0.05, 0.1) is 12.7 Å². The molecule has 0 aliphatic carbocycles. The Labute approximate surface area is 176 Å². The molecule has 26 heavy (non-hydrogen) atoms. The topological polar surface area (TPSA) is 58.1 Å². The van der Waals surface area contributed by atoms with E-state index in [2.05, 4.69) is 34.4 Å². The number of nitrogens with zero attached hydrogens (tertiary/aromatic N) is 2. The first-order chi connectivity index (χ1) is 12.2. The molecule has 0 radical (unpaired) electrons. The number of ether oxygens (including phenoxy) is 2. The fourth-order valence-corrected chi connectivity index (χ4v) is 3.64. The van der Waals surface area contributed by atoms with Crippen LogP contribution in [0.2, 0.25) is 0 Å². The van der Waals surface area contributed by atoms with Gasteiger partial charge in [-0.1, -0.05) is 13.8 Å². The second kappa shape index (κ2) is 14.0. The van der Waals surface area contributed by atoms with Gasteiger partial charge >= 0.3 is 0 Å². The van der Waals surface area contributed by atoms with Gasteiger partial charge in [-0.15, -0.1) is 24.0 Å². The van der Waals surface area contributed by atoms with Gasteiger partial charge in [-0.2, -0.15) is 0 Å². The Bertz CT molecular complexity index is 390. The van der Waals surface area contributed by atoms with Crippen LogP contribution in [-0.4, -0.2) is 76.1 Å². The van der Waals surface area contributed by atoms with Crippen molar-refractivity contribution in [2.24, 2.45) is 10.9 Å². The van der Waals surface area contributed by atoms with Crippen molar-refractivity contribution in [1.82, 2.24) is 15.5 Å². The number of aliphatic imine (C=N–C) groups is 1. The smallest absolute Gasteiger partial charge is 0.191 e. The molecule has 1 unspecified atom stereocenters. The van der Waals surface area contributed by atoms with Crippen molar-refractivity contribution in [2.45, 2.75) is 58.1 Å². The molecule has 0 aromatic rings. The van der Waals surface area contributed by atoms with Crippen molar-refractivity contribution < 1.29 is 9.47 Å². The van der Waals surface area contributed by atoms with E-state index in [-0.39, 0.29) is 24.0 Å². The van der Waals surface area contributed by atoms with Crippen LogP contribution < -0.4 is 10.6 Å². The maximum atomic E-state index is 5.69. The number of halogens is 1. The predicted octanol–water partition coefficient (Wildman–Crippen LogP) is 2.48. The predicted molar refractivity (Wildman–Crippen MR) is 119 cm³/mol. The van der Waals surface area contributed by atoms with Crippen LogP contribution in [0.25, 0.3) is 0 Å². The maximum Gasteiger partial charge on any atom is 0.191 e. The van der Waals surface area contributed by atoms with Crippen molar-refractivity contribution in [2.75, 3.05) is 53.0 Å². The fraction of sp³-hybridized carbons (Fsp3) is 0.947. The van der Waals surface area contributed by atoms with Crippen LogP contribution in [0.15, 0.2) is 4.99 Å². The molecule has 2 rings (SSSR count). The summed E-state index contributed by atoms with van der Waals surface area (Å²) < 4.78 is 11.2. The first kappa shape index (κ1) is 23.9. The van der Waals surface area contributed by atoms with E-state index < -0.39 is 0 Å². The minimum Gasteiger partial charge on any atom is -0.379 e. The molecule has 2 heterocycles. The summed E-state index contributed by atoms with van der Waals surface area (Å²) in [5.74, 6) is 1.63. The lowest BCUT2D eigenvalue weighted by atomic mass is 10.1.